The molecule has 2 unspecified atom stereocenters. The van der Waals surface area contributed by atoms with Crippen LogP contribution >= 0.6 is 8.69 Å². The molecule has 0 heterocycles. The Morgan fingerprint density at radius 3 is 2.33 bits per heavy atom. The quantitative estimate of drug-likeness (QED) is 0.351. The SMILES string of the molecule is NC(CC1CCCCC1)OC(=O)C(CCC1CCCC1)COP=O. The van der Waals surface area contributed by atoms with Crippen molar-refractivity contribution in [1.82, 2.24) is 0 Å². The van der Waals surface area contributed by atoms with Crippen LogP contribution in [0.25, 0.3) is 0 Å². The van der Waals surface area contributed by atoms with Crippen LogP contribution in [0.5, 0.6) is 0 Å². The van der Waals surface area contributed by atoms with Crippen molar-refractivity contribution < 1.29 is 18.6 Å². The van der Waals surface area contributed by atoms with Crippen LogP contribution in [-0.4, -0.2) is 18.8 Å². The topological polar surface area (TPSA) is 78.6 Å². The average molecular weight is 357 g/mol. The van der Waals surface area contributed by atoms with E-state index in [4.69, 9.17) is 15.0 Å². The number of rotatable bonds is 10. The maximum Gasteiger partial charge on any atom is 0.327 e. The average Bonchev–Trinajstić information content (AvgIpc) is 3.09. The van der Waals surface area contributed by atoms with Crippen LogP contribution in [0.15, 0.2) is 0 Å². The highest BCUT2D eigenvalue weighted by Crippen LogP contribution is 2.31. The molecule has 0 aromatic heterocycles. The van der Waals surface area contributed by atoms with Crippen LogP contribution in [0.1, 0.15) is 77.0 Å². The molecule has 0 bridgehead atoms. The second-order valence-electron chi connectivity index (χ2n) is 7.51. The summed E-state index contributed by atoms with van der Waals surface area (Å²) < 4.78 is 21.0. The van der Waals surface area contributed by atoms with Gasteiger partial charge >= 0.3 is 14.7 Å². The van der Waals surface area contributed by atoms with E-state index >= 15 is 0 Å². The van der Waals surface area contributed by atoms with Crippen molar-refractivity contribution >= 4 is 14.7 Å². The zero-order chi connectivity index (χ0) is 17.2. The van der Waals surface area contributed by atoms with Crippen molar-refractivity contribution in [1.29, 1.82) is 0 Å². The summed E-state index contributed by atoms with van der Waals surface area (Å²) in [6, 6.07) is 0. The van der Waals surface area contributed by atoms with Crippen LogP contribution in [0.4, 0.5) is 0 Å². The number of hydrogen-bond acceptors (Lipinski definition) is 5. The zero-order valence-corrected chi connectivity index (χ0v) is 15.6. The van der Waals surface area contributed by atoms with Gasteiger partial charge in [0.15, 0.2) is 6.23 Å². The molecular formula is C18H32NO4P. The van der Waals surface area contributed by atoms with E-state index in [0.717, 1.165) is 19.3 Å². The van der Waals surface area contributed by atoms with Crippen molar-refractivity contribution in [3.8, 4) is 0 Å². The molecule has 24 heavy (non-hydrogen) atoms. The summed E-state index contributed by atoms with van der Waals surface area (Å²) in [6.45, 7) is 0.146. The van der Waals surface area contributed by atoms with Gasteiger partial charge in [-0.2, -0.15) is 0 Å². The van der Waals surface area contributed by atoms with E-state index in [9.17, 15) is 9.36 Å². The van der Waals surface area contributed by atoms with Crippen LogP contribution in [0, 0.1) is 17.8 Å². The van der Waals surface area contributed by atoms with Gasteiger partial charge in [-0.15, -0.1) is 0 Å². The normalized spacial score (nSPS) is 22.5. The van der Waals surface area contributed by atoms with E-state index in [0.29, 0.717) is 11.8 Å². The maximum absolute atomic E-state index is 12.4. The number of carbonyl (C=O) groups excluding carboxylic acids is 1. The number of hydrogen-bond donors (Lipinski definition) is 1. The van der Waals surface area contributed by atoms with Crippen molar-refractivity contribution in [3.63, 3.8) is 0 Å². The molecule has 138 valence electrons. The zero-order valence-electron chi connectivity index (χ0n) is 14.7. The highest BCUT2D eigenvalue weighted by molar-refractivity contribution is 7.17. The van der Waals surface area contributed by atoms with Gasteiger partial charge in [0.1, 0.15) is 0 Å². The largest absolute Gasteiger partial charge is 0.447 e. The maximum atomic E-state index is 12.4. The van der Waals surface area contributed by atoms with Gasteiger partial charge < -0.3 is 4.74 Å². The lowest BCUT2D eigenvalue weighted by atomic mass is 9.86. The monoisotopic (exact) mass is 357 g/mol. The molecule has 0 aromatic carbocycles. The molecule has 2 aliphatic rings. The minimum absolute atomic E-state index is 0.146. The molecule has 5 nitrogen and oxygen atoms in total. The summed E-state index contributed by atoms with van der Waals surface area (Å²) in [4.78, 5) is 12.4. The number of esters is 1. The summed E-state index contributed by atoms with van der Waals surface area (Å²) in [5.41, 5.74) is 6.04. The Morgan fingerprint density at radius 1 is 1.04 bits per heavy atom. The van der Waals surface area contributed by atoms with E-state index in [1.165, 1.54) is 57.8 Å². The Morgan fingerprint density at radius 2 is 1.67 bits per heavy atom. The van der Waals surface area contributed by atoms with Gasteiger partial charge in [0.25, 0.3) is 0 Å². The lowest BCUT2D eigenvalue weighted by Gasteiger charge is -2.25. The molecule has 6 heteroatoms. The fourth-order valence-electron chi connectivity index (χ4n) is 4.17. The van der Waals surface area contributed by atoms with Gasteiger partial charge in [-0.1, -0.05) is 57.8 Å². The van der Waals surface area contributed by atoms with E-state index < -0.39 is 6.23 Å². The summed E-state index contributed by atoms with van der Waals surface area (Å²) in [6.07, 6.45) is 13.3. The van der Waals surface area contributed by atoms with Crippen molar-refractivity contribution in [2.45, 2.75) is 83.3 Å². The van der Waals surface area contributed by atoms with Crippen molar-refractivity contribution in [2.75, 3.05) is 6.61 Å². The number of ether oxygens (including phenoxy) is 1. The smallest absolute Gasteiger partial charge is 0.327 e. The molecule has 2 saturated carbocycles. The van der Waals surface area contributed by atoms with Gasteiger partial charge in [-0.25, -0.2) is 4.57 Å². The highest BCUT2D eigenvalue weighted by atomic mass is 31.1. The summed E-state index contributed by atoms with van der Waals surface area (Å²) in [5.74, 6) is 0.639. The molecule has 2 atom stereocenters. The van der Waals surface area contributed by atoms with Gasteiger partial charge in [0, 0.05) is 6.42 Å². The van der Waals surface area contributed by atoms with Gasteiger partial charge in [0.05, 0.1) is 12.5 Å². The fourth-order valence-corrected chi connectivity index (χ4v) is 4.41. The molecule has 2 N–H and O–H groups in total. The lowest BCUT2D eigenvalue weighted by Crippen LogP contribution is -2.34. The lowest BCUT2D eigenvalue weighted by molar-refractivity contribution is -0.156. The first-order valence-electron chi connectivity index (χ1n) is 9.59. The molecule has 0 aromatic rings. The van der Waals surface area contributed by atoms with Gasteiger partial charge in [-0.05, 0) is 24.7 Å². The Balaban J connectivity index is 1.75. The van der Waals surface area contributed by atoms with E-state index in [2.05, 4.69) is 0 Å². The standard InChI is InChI=1S/C18H32NO4P/c19-17(12-15-8-2-1-3-9-15)23-18(20)16(13-22-24-21)11-10-14-6-4-5-7-14/h14-17H,1-13,19H2. The predicted molar refractivity (Wildman–Crippen MR) is 93.5 cm³/mol. The first-order chi connectivity index (χ1) is 11.7. The Hall–Kier alpha value is -0.510. The van der Waals surface area contributed by atoms with Crippen LogP contribution in [0.3, 0.4) is 0 Å². The highest BCUT2D eigenvalue weighted by Gasteiger charge is 2.26. The fraction of sp³-hybridized carbons (Fsp3) is 0.944. The first kappa shape index (κ1) is 19.8. The molecule has 2 fully saturated rings. The molecule has 0 amide bonds. The van der Waals surface area contributed by atoms with Crippen LogP contribution in [-0.2, 0) is 18.6 Å². The van der Waals surface area contributed by atoms with E-state index in [1.807, 2.05) is 0 Å². The van der Waals surface area contributed by atoms with Crippen LogP contribution in [0.2, 0.25) is 0 Å². The minimum atomic E-state index is -0.528. The molecule has 0 saturated heterocycles. The summed E-state index contributed by atoms with van der Waals surface area (Å²) in [7, 11) is -0.385. The number of nitrogens with two attached hydrogens (primary N) is 1. The Kier molecular flexibility index (Phi) is 9.22. The predicted octanol–water partition coefficient (Wildman–Crippen LogP) is 4.59. The second kappa shape index (κ2) is 11.2. The third kappa shape index (κ3) is 7.16. The van der Waals surface area contributed by atoms with Gasteiger partial charge in [-0.3, -0.25) is 15.1 Å². The molecule has 2 aliphatic carbocycles. The summed E-state index contributed by atoms with van der Waals surface area (Å²) >= 11 is 0. The molecule has 0 aliphatic heterocycles. The molecule has 2 rings (SSSR count). The number of carbonyl (C=O) groups is 1. The van der Waals surface area contributed by atoms with Crippen molar-refractivity contribution in [2.24, 2.45) is 23.5 Å². The third-order valence-corrected chi connectivity index (χ3v) is 5.87. The molecular weight excluding hydrogens is 325 g/mol. The molecule has 0 spiro atoms. The minimum Gasteiger partial charge on any atom is -0.447 e. The van der Waals surface area contributed by atoms with E-state index in [1.54, 1.807) is 0 Å². The second-order valence-corrected chi connectivity index (χ2v) is 7.92. The van der Waals surface area contributed by atoms with E-state index in [-0.39, 0.29) is 27.2 Å². The van der Waals surface area contributed by atoms with Crippen molar-refractivity contribution in [3.05, 3.63) is 0 Å². The Labute approximate surface area is 147 Å². The van der Waals surface area contributed by atoms with Crippen LogP contribution < -0.4 is 5.73 Å². The first-order valence-corrected chi connectivity index (χ1v) is 10.3. The Bertz CT molecular complexity index is 381. The summed E-state index contributed by atoms with van der Waals surface area (Å²) in [5, 5.41) is 0. The molecule has 0 radical (unpaired) electrons. The third-order valence-electron chi connectivity index (χ3n) is 5.62. The van der Waals surface area contributed by atoms with Gasteiger partial charge in [0.2, 0.25) is 0 Å².